The van der Waals surface area contributed by atoms with E-state index in [1.807, 2.05) is 6.07 Å². The SMILES string of the molecule is COc1cc(C#N)ccc1NC(C)c1ccsc1. The van der Waals surface area contributed by atoms with Crippen LogP contribution in [0.25, 0.3) is 0 Å². The number of methoxy groups -OCH3 is 1. The number of thiophene rings is 1. The molecule has 0 aliphatic rings. The predicted molar refractivity (Wildman–Crippen MR) is 74.1 cm³/mol. The van der Waals surface area contributed by atoms with Crippen LogP contribution in [0.1, 0.15) is 24.1 Å². The predicted octanol–water partition coefficient (Wildman–Crippen LogP) is 3.80. The Kier molecular flexibility index (Phi) is 3.85. The number of nitriles is 1. The molecule has 18 heavy (non-hydrogen) atoms. The molecule has 0 amide bonds. The second-order valence-corrected chi connectivity index (χ2v) is 4.73. The molecule has 4 heteroatoms. The number of anilines is 1. The summed E-state index contributed by atoms with van der Waals surface area (Å²) in [6, 6.07) is 9.80. The first-order valence-electron chi connectivity index (χ1n) is 5.61. The molecular formula is C14H14N2OS. The van der Waals surface area contributed by atoms with Crippen LogP contribution in [0.3, 0.4) is 0 Å². The van der Waals surface area contributed by atoms with Crippen molar-refractivity contribution in [3.05, 3.63) is 46.2 Å². The summed E-state index contributed by atoms with van der Waals surface area (Å²) in [6.45, 7) is 2.10. The van der Waals surface area contributed by atoms with Gasteiger partial charge in [0.25, 0.3) is 0 Å². The van der Waals surface area contributed by atoms with Gasteiger partial charge in [-0.15, -0.1) is 0 Å². The van der Waals surface area contributed by atoms with Crippen molar-refractivity contribution >= 4 is 17.0 Å². The average Bonchev–Trinajstić information content (AvgIpc) is 2.93. The van der Waals surface area contributed by atoms with Crippen molar-refractivity contribution < 1.29 is 4.74 Å². The summed E-state index contributed by atoms with van der Waals surface area (Å²) in [6.07, 6.45) is 0. The number of ether oxygens (including phenoxy) is 1. The number of hydrogen-bond acceptors (Lipinski definition) is 4. The maximum Gasteiger partial charge on any atom is 0.143 e. The lowest BCUT2D eigenvalue weighted by Crippen LogP contribution is -2.06. The summed E-state index contributed by atoms with van der Waals surface area (Å²) >= 11 is 1.68. The van der Waals surface area contributed by atoms with Crippen molar-refractivity contribution in [2.24, 2.45) is 0 Å². The second-order valence-electron chi connectivity index (χ2n) is 3.95. The first-order valence-corrected chi connectivity index (χ1v) is 6.55. The fraction of sp³-hybridized carbons (Fsp3) is 0.214. The Morgan fingerprint density at radius 3 is 2.83 bits per heavy atom. The molecule has 92 valence electrons. The fourth-order valence-corrected chi connectivity index (χ4v) is 2.47. The minimum atomic E-state index is 0.207. The van der Waals surface area contributed by atoms with Gasteiger partial charge in [-0.05, 0) is 41.4 Å². The molecule has 1 atom stereocenters. The Morgan fingerprint density at radius 1 is 1.39 bits per heavy atom. The Balaban J connectivity index is 2.21. The molecule has 0 saturated carbocycles. The highest BCUT2D eigenvalue weighted by Crippen LogP contribution is 2.29. The topological polar surface area (TPSA) is 45.0 Å². The lowest BCUT2D eigenvalue weighted by atomic mass is 10.1. The van der Waals surface area contributed by atoms with Gasteiger partial charge in [0, 0.05) is 12.1 Å². The van der Waals surface area contributed by atoms with Crippen molar-refractivity contribution in [2.45, 2.75) is 13.0 Å². The van der Waals surface area contributed by atoms with Crippen LogP contribution in [0.2, 0.25) is 0 Å². The van der Waals surface area contributed by atoms with Gasteiger partial charge >= 0.3 is 0 Å². The smallest absolute Gasteiger partial charge is 0.143 e. The maximum atomic E-state index is 8.86. The number of hydrogen-bond donors (Lipinski definition) is 1. The van der Waals surface area contributed by atoms with Crippen LogP contribution in [0.5, 0.6) is 5.75 Å². The molecule has 1 unspecified atom stereocenters. The molecule has 2 rings (SSSR count). The highest BCUT2D eigenvalue weighted by Gasteiger charge is 2.09. The van der Waals surface area contributed by atoms with Crippen LogP contribution in [0.4, 0.5) is 5.69 Å². The Labute approximate surface area is 111 Å². The monoisotopic (exact) mass is 258 g/mol. The van der Waals surface area contributed by atoms with E-state index in [4.69, 9.17) is 10.00 Å². The van der Waals surface area contributed by atoms with Gasteiger partial charge in [-0.25, -0.2) is 0 Å². The number of benzene rings is 1. The van der Waals surface area contributed by atoms with Crippen molar-refractivity contribution in [2.75, 3.05) is 12.4 Å². The third-order valence-corrected chi connectivity index (χ3v) is 3.45. The molecule has 1 aromatic heterocycles. The molecule has 1 heterocycles. The summed E-state index contributed by atoms with van der Waals surface area (Å²) in [4.78, 5) is 0. The van der Waals surface area contributed by atoms with E-state index in [1.165, 1.54) is 5.56 Å². The van der Waals surface area contributed by atoms with Gasteiger partial charge in [0.05, 0.1) is 24.4 Å². The average molecular weight is 258 g/mol. The normalized spacial score (nSPS) is 11.6. The van der Waals surface area contributed by atoms with Crippen molar-refractivity contribution in [3.8, 4) is 11.8 Å². The molecule has 0 aliphatic carbocycles. The molecule has 1 aromatic carbocycles. The molecule has 0 bridgehead atoms. The van der Waals surface area contributed by atoms with E-state index in [-0.39, 0.29) is 6.04 Å². The summed E-state index contributed by atoms with van der Waals surface area (Å²) in [5.41, 5.74) is 2.74. The summed E-state index contributed by atoms with van der Waals surface area (Å²) in [5, 5.41) is 16.4. The highest BCUT2D eigenvalue weighted by molar-refractivity contribution is 7.07. The van der Waals surface area contributed by atoms with Crippen LogP contribution in [-0.2, 0) is 0 Å². The van der Waals surface area contributed by atoms with Gasteiger partial charge in [-0.3, -0.25) is 0 Å². The molecule has 3 nitrogen and oxygen atoms in total. The molecule has 0 fully saturated rings. The number of rotatable bonds is 4. The van der Waals surface area contributed by atoms with Gasteiger partial charge < -0.3 is 10.1 Å². The number of nitrogens with one attached hydrogen (secondary N) is 1. The zero-order valence-corrected chi connectivity index (χ0v) is 11.1. The van der Waals surface area contributed by atoms with Gasteiger partial charge in [0.2, 0.25) is 0 Å². The van der Waals surface area contributed by atoms with Gasteiger partial charge in [0.1, 0.15) is 5.75 Å². The standard InChI is InChI=1S/C14H14N2OS/c1-10(12-5-6-18-9-12)16-13-4-3-11(8-15)7-14(13)17-2/h3-7,9-10,16H,1-2H3. The van der Waals surface area contributed by atoms with Crippen LogP contribution < -0.4 is 10.1 Å². The summed E-state index contributed by atoms with van der Waals surface area (Å²) in [5.74, 6) is 0.691. The molecule has 1 N–H and O–H groups in total. The first-order chi connectivity index (χ1) is 8.74. The first kappa shape index (κ1) is 12.5. The van der Waals surface area contributed by atoms with E-state index in [9.17, 15) is 0 Å². The number of nitrogens with zero attached hydrogens (tertiary/aromatic N) is 1. The minimum Gasteiger partial charge on any atom is -0.495 e. The fourth-order valence-electron chi connectivity index (χ4n) is 1.72. The maximum absolute atomic E-state index is 8.86. The molecule has 0 spiro atoms. The van der Waals surface area contributed by atoms with Crippen molar-refractivity contribution in [1.82, 2.24) is 0 Å². The van der Waals surface area contributed by atoms with Gasteiger partial charge in [-0.1, -0.05) is 0 Å². The molecule has 0 radical (unpaired) electrons. The van der Waals surface area contributed by atoms with Crippen LogP contribution in [0, 0.1) is 11.3 Å². The third kappa shape index (κ3) is 2.63. The molecule has 0 aliphatic heterocycles. The lowest BCUT2D eigenvalue weighted by molar-refractivity contribution is 0.416. The van der Waals surface area contributed by atoms with E-state index in [0.29, 0.717) is 11.3 Å². The van der Waals surface area contributed by atoms with E-state index >= 15 is 0 Å². The lowest BCUT2D eigenvalue weighted by Gasteiger charge is -2.16. The Hall–Kier alpha value is -1.99. The third-order valence-electron chi connectivity index (χ3n) is 2.75. The highest BCUT2D eigenvalue weighted by atomic mass is 32.1. The summed E-state index contributed by atoms with van der Waals surface area (Å²) in [7, 11) is 1.61. The minimum absolute atomic E-state index is 0.207. The van der Waals surface area contributed by atoms with Crippen LogP contribution in [0.15, 0.2) is 35.0 Å². The second kappa shape index (κ2) is 5.56. The van der Waals surface area contributed by atoms with Crippen molar-refractivity contribution in [1.29, 1.82) is 5.26 Å². The largest absolute Gasteiger partial charge is 0.495 e. The molecule has 0 saturated heterocycles. The Morgan fingerprint density at radius 2 is 2.22 bits per heavy atom. The molecular weight excluding hydrogens is 244 g/mol. The van der Waals surface area contributed by atoms with E-state index in [0.717, 1.165) is 5.69 Å². The zero-order chi connectivity index (χ0) is 13.0. The summed E-state index contributed by atoms with van der Waals surface area (Å²) < 4.78 is 5.30. The van der Waals surface area contributed by atoms with Crippen LogP contribution >= 0.6 is 11.3 Å². The quantitative estimate of drug-likeness (QED) is 0.907. The van der Waals surface area contributed by atoms with E-state index in [2.05, 4.69) is 35.1 Å². The van der Waals surface area contributed by atoms with E-state index < -0.39 is 0 Å². The zero-order valence-electron chi connectivity index (χ0n) is 10.3. The van der Waals surface area contributed by atoms with Crippen LogP contribution in [-0.4, -0.2) is 7.11 Å². The van der Waals surface area contributed by atoms with E-state index in [1.54, 1.807) is 30.6 Å². The van der Waals surface area contributed by atoms with Gasteiger partial charge in [-0.2, -0.15) is 16.6 Å². The van der Waals surface area contributed by atoms with Gasteiger partial charge in [0.15, 0.2) is 0 Å². The molecule has 2 aromatic rings. The van der Waals surface area contributed by atoms with Crippen molar-refractivity contribution in [3.63, 3.8) is 0 Å². The Bertz CT molecular complexity index is 558.